The minimum Gasteiger partial charge on any atom is -0.316 e. The molecule has 0 unspecified atom stereocenters. The molecule has 0 saturated heterocycles. The van der Waals surface area contributed by atoms with Crippen LogP contribution >= 0.6 is 27.3 Å². The Morgan fingerprint density at radius 1 is 1.33 bits per heavy atom. The van der Waals surface area contributed by atoms with Gasteiger partial charge in [0, 0.05) is 4.47 Å². The highest BCUT2D eigenvalue weighted by Gasteiger charge is 2.17. The molecule has 0 radical (unpaired) electrons. The molecule has 0 bridgehead atoms. The molecular formula is C12H8BrF2NOS. The normalized spacial score (nSPS) is 10.4. The Hall–Kier alpha value is -1.27. The number of rotatable bonds is 2. The molecule has 1 N–H and O–H groups in total. The third kappa shape index (κ3) is 2.44. The second kappa shape index (κ2) is 5.16. The van der Waals surface area contributed by atoms with E-state index in [1.165, 1.54) is 24.3 Å². The maximum atomic E-state index is 13.7. The summed E-state index contributed by atoms with van der Waals surface area (Å²) in [4.78, 5) is 12.2. The fraction of sp³-hybridized carbons (Fsp3) is 0.0833. The van der Waals surface area contributed by atoms with Crippen molar-refractivity contribution in [2.75, 3.05) is 5.32 Å². The molecule has 1 aromatic carbocycles. The number of halogens is 3. The first-order valence-corrected chi connectivity index (χ1v) is 6.67. The number of nitrogens with one attached hydrogen (secondary N) is 1. The zero-order valence-electron chi connectivity index (χ0n) is 9.26. The molecule has 2 nitrogen and oxygen atoms in total. The van der Waals surface area contributed by atoms with E-state index in [1.807, 2.05) is 0 Å². The maximum Gasteiger partial charge on any atom is 0.267 e. The number of anilines is 1. The van der Waals surface area contributed by atoms with E-state index in [-0.39, 0.29) is 5.56 Å². The largest absolute Gasteiger partial charge is 0.316 e. The summed E-state index contributed by atoms with van der Waals surface area (Å²) in [5, 5.41) is 3.96. The third-order valence-electron chi connectivity index (χ3n) is 2.35. The minimum atomic E-state index is -0.792. The molecule has 0 aliphatic heterocycles. The Bertz CT molecular complexity index is 612. The number of hydrogen-bond acceptors (Lipinski definition) is 2. The first-order chi connectivity index (χ1) is 8.50. The van der Waals surface area contributed by atoms with Gasteiger partial charge in [-0.15, -0.1) is 11.3 Å². The summed E-state index contributed by atoms with van der Waals surface area (Å²) >= 11 is 4.38. The molecule has 1 heterocycles. The Morgan fingerprint density at radius 3 is 2.67 bits per heavy atom. The number of aryl methyl sites for hydroxylation is 1. The van der Waals surface area contributed by atoms with Crippen molar-refractivity contribution in [2.45, 2.75) is 6.92 Å². The molecule has 0 spiro atoms. The summed E-state index contributed by atoms with van der Waals surface area (Å²) in [6.45, 7) is 1.51. The standard InChI is InChI=1S/C12H8BrF2NOS/c1-6-2-3-8(14)10(9(6)15)16-12(17)11-7(13)4-5-18-11/h2-5H,1H3,(H,16,17). The second-order valence-electron chi connectivity index (χ2n) is 3.61. The van der Waals surface area contributed by atoms with Gasteiger partial charge in [-0.2, -0.15) is 0 Å². The van der Waals surface area contributed by atoms with Crippen molar-refractivity contribution in [1.82, 2.24) is 0 Å². The van der Waals surface area contributed by atoms with Crippen molar-refractivity contribution in [2.24, 2.45) is 0 Å². The average Bonchev–Trinajstić information content (AvgIpc) is 2.76. The number of benzene rings is 1. The van der Waals surface area contributed by atoms with Crippen LogP contribution in [0.2, 0.25) is 0 Å². The Kier molecular flexibility index (Phi) is 3.77. The van der Waals surface area contributed by atoms with Crippen molar-refractivity contribution in [1.29, 1.82) is 0 Å². The van der Waals surface area contributed by atoms with E-state index in [1.54, 1.807) is 11.4 Å². The van der Waals surface area contributed by atoms with Crippen LogP contribution in [0.3, 0.4) is 0 Å². The van der Waals surface area contributed by atoms with Crippen LogP contribution in [0.4, 0.5) is 14.5 Å². The molecule has 0 saturated carbocycles. The van der Waals surface area contributed by atoms with E-state index in [0.29, 0.717) is 9.35 Å². The average molecular weight is 332 g/mol. The molecule has 94 valence electrons. The van der Waals surface area contributed by atoms with Crippen LogP contribution in [-0.2, 0) is 0 Å². The Morgan fingerprint density at radius 2 is 2.06 bits per heavy atom. The lowest BCUT2D eigenvalue weighted by Crippen LogP contribution is -2.14. The molecule has 1 aromatic heterocycles. The quantitative estimate of drug-likeness (QED) is 0.870. The van der Waals surface area contributed by atoms with E-state index >= 15 is 0 Å². The fourth-order valence-electron chi connectivity index (χ4n) is 1.40. The highest BCUT2D eigenvalue weighted by atomic mass is 79.9. The highest BCUT2D eigenvalue weighted by Crippen LogP contribution is 2.26. The van der Waals surface area contributed by atoms with Gasteiger partial charge >= 0.3 is 0 Å². The topological polar surface area (TPSA) is 29.1 Å². The van der Waals surface area contributed by atoms with Crippen LogP contribution in [0.15, 0.2) is 28.1 Å². The molecule has 0 aliphatic carbocycles. The van der Waals surface area contributed by atoms with Crippen LogP contribution in [0.25, 0.3) is 0 Å². The number of amides is 1. The summed E-state index contributed by atoms with van der Waals surface area (Å²) in [5.74, 6) is -2.09. The van der Waals surface area contributed by atoms with Gasteiger partial charge in [-0.25, -0.2) is 8.78 Å². The highest BCUT2D eigenvalue weighted by molar-refractivity contribution is 9.10. The van der Waals surface area contributed by atoms with E-state index in [9.17, 15) is 13.6 Å². The van der Waals surface area contributed by atoms with Gasteiger partial charge in [0.05, 0.1) is 0 Å². The molecule has 6 heteroatoms. The number of thiophene rings is 1. The second-order valence-corrected chi connectivity index (χ2v) is 5.38. The minimum absolute atomic E-state index is 0.275. The number of carbonyl (C=O) groups excluding carboxylic acids is 1. The SMILES string of the molecule is Cc1ccc(F)c(NC(=O)c2sccc2Br)c1F. The molecule has 0 atom stereocenters. The van der Waals surface area contributed by atoms with Gasteiger partial charge in [0.1, 0.15) is 16.4 Å². The smallest absolute Gasteiger partial charge is 0.267 e. The lowest BCUT2D eigenvalue weighted by atomic mass is 10.2. The Labute approximate surface area is 115 Å². The monoisotopic (exact) mass is 331 g/mol. The summed E-state index contributed by atoms with van der Waals surface area (Å²) in [7, 11) is 0. The van der Waals surface area contributed by atoms with Gasteiger partial charge in [0.15, 0.2) is 5.82 Å². The van der Waals surface area contributed by atoms with Gasteiger partial charge < -0.3 is 5.32 Å². The van der Waals surface area contributed by atoms with Crippen molar-refractivity contribution in [3.8, 4) is 0 Å². The predicted molar refractivity (Wildman–Crippen MR) is 71.1 cm³/mol. The van der Waals surface area contributed by atoms with Gasteiger partial charge in [0.2, 0.25) is 0 Å². The predicted octanol–water partition coefficient (Wildman–Crippen LogP) is 4.35. The van der Waals surface area contributed by atoms with Gasteiger partial charge in [-0.05, 0) is 45.9 Å². The lowest BCUT2D eigenvalue weighted by molar-refractivity contribution is 0.102. The first-order valence-electron chi connectivity index (χ1n) is 4.99. The molecule has 0 aliphatic rings. The van der Waals surface area contributed by atoms with Crippen LogP contribution in [-0.4, -0.2) is 5.91 Å². The van der Waals surface area contributed by atoms with E-state index < -0.39 is 23.2 Å². The molecule has 18 heavy (non-hydrogen) atoms. The fourth-order valence-corrected chi connectivity index (χ4v) is 2.84. The van der Waals surface area contributed by atoms with Crippen molar-refractivity contribution in [3.63, 3.8) is 0 Å². The number of carbonyl (C=O) groups is 1. The summed E-state index contributed by atoms with van der Waals surface area (Å²) < 4.78 is 27.8. The molecule has 0 fully saturated rings. The van der Waals surface area contributed by atoms with Crippen LogP contribution in [0, 0.1) is 18.6 Å². The van der Waals surface area contributed by atoms with E-state index in [4.69, 9.17) is 0 Å². The number of hydrogen-bond donors (Lipinski definition) is 1. The first kappa shape index (κ1) is 13.2. The molecular weight excluding hydrogens is 324 g/mol. The van der Waals surface area contributed by atoms with Gasteiger partial charge in [-0.1, -0.05) is 6.07 Å². The third-order valence-corrected chi connectivity index (χ3v) is 4.18. The van der Waals surface area contributed by atoms with Crippen molar-refractivity contribution < 1.29 is 13.6 Å². The van der Waals surface area contributed by atoms with Gasteiger partial charge in [0.25, 0.3) is 5.91 Å². The molecule has 1 amide bonds. The van der Waals surface area contributed by atoms with E-state index in [2.05, 4.69) is 21.2 Å². The summed E-state index contributed by atoms with van der Waals surface area (Å²) in [6.07, 6.45) is 0. The zero-order chi connectivity index (χ0) is 13.3. The van der Waals surface area contributed by atoms with Crippen LogP contribution in [0.1, 0.15) is 15.2 Å². The summed E-state index contributed by atoms with van der Waals surface area (Å²) in [6, 6.07) is 4.14. The Balaban J connectivity index is 2.33. The maximum absolute atomic E-state index is 13.7. The molecule has 2 aromatic rings. The van der Waals surface area contributed by atoms with Gasteiger partial charge in [-0.3, -0.25) is 4.79 Å². The van der Waals surface area contributed by atoms with Crippen molar-refractivity contribution >= 4 is 38.9 Å². The zero-order valence-corrected chi connectivity index (χ0v) is 11.7. The van der Waals surface area contributed by atoms with E-state index in [0.717, 1.165) is 6.07 Å². The molecule has 2 rings (SSSR count). The van der Waals surface area contributed by atoms with Crippen LogP contribution < -0.4 is 5.32 Å². The lowest BCUT2D eigenvalue weighted by Gasteiger charge is -2.08. The van der Waals surface area contributed by atoms with Crippen LogP contribution in [0.5, 0.6) is 0 Å². The van der Waals surface area contributed by atoms with Crippen molar-refractivity contribution in [3.05, 3.63) is 50.1 Å². The summed E-state index contributed by atoms with van der Waals surface area (Å²) in [5.41, 5.74) is -0.141.